The molecule has 3 aliphatic heterocycles. The highest BCUT2D eigenvalue weighted by atomic mass is 35.5. The van der Waals surface area contributed by atoms with E-state index >= 15 is 0 Å². The number of likely N-dealkylation sites (tertiary alicyclic amines) is 1. The average molecular weight is 802 g/mol. The van der Waals surface area contributed by atoms with Gasteiger partial charge in [-0.15, -0.1) is 5.10 Å². The molecule has 0 radical (unpaired) electrons. The number of fused-ring (bicyclic) bond motifs is 1. The van der Waals surface area contributed by atoms with E-state index in [0.29, 0.717) is 45.0 Å². The minimum atomic E-state index is -0.860. The molecule has 2 aromatic heterocycles. The van der Waals surface area contributed by atoms with Gasteiger partial charge in [-0.3, -0.25) is 29.4 Å². The zero-order chi connectivity index (χ0) is 41.0. The standard InChI is InChI=1S/C43H44ClN9O5/c1-41(2)39(42(3,4)40(41)58-30-11-8-26(22-45)32(44)21-30)48-36(55)27-7-9-28(46-23-27)6-5-17-51-24-43(25-51)15-18-52(19-16-43)29-10-12-33-31(20-29)38(57)53(50-49-33)34-13-14-35(54)47-37(34)56/h7-12,20-21,23,34,39-40H,13-19,24-25H2,1-4H3,(H,48,55)(H,47,54,56). The van der Waals surface area contributed by atoms with Gasteiger partial charge >= 0.3 is 0 Å². The van der Waals surface area contributed by atoms with Crippen LogP contribution in [0.1, 0.15) is 81.0 Å². The minimum absolute atomic E-state index is 0.147. The number of carbonyl (C=O) groups is 3. The van der Waals surface area contributed by atoms with Crippen molar-refractivity contribution in [3.8, 4) is 23.7 Å². The summed E-state index contributed by atoms with van der Waals surface area (Å²) in [6.07, 6.45) is 3.75. The fraction of sp³-hybridized carbons (Fsp3) is 0.442. The summed E-state index contributed by atoms with van der Waals surface area (Å²) in [7, 11) is 0. The molecule has 1 aliphatic carbocycles. The lowest BCUT2D eigenvalue weighted by Crippen LogP contribution is -2.74. The number of carbonyl (C=O) groups excluding carboxylic acids is 3. The number of rotatable bonds is 7. The van der Waals surface area contributed by atoms with E-state index in [1.165, 1.54) is 0 Å². The van der Waals surface area contributed by atoms with Crippen molar-refractivity contribution in [2.45, 2.75) is 71.6 Å². The van der Waals surface area contributed by atoms with Gasteiger partial charge < -0.3 is 15.0 Å². The molecule has 1 spiro atoms. The van der Waals surface area contributed by atoms with Crippen molar-refractivity contribution in [1.82, 2.24) is 35.5 Å². The molecule has 8 rings (SSSR count). The number of amides is 3. The molecular weight excluding hydrogens is 758 g/mol. The molecule has 1 atom stereocenters. The number of imide groups is 1. The molecule has 58 heavy (non-hydrogen) atoms. The second-order valence-corrected chi connectivity index (χ2v) is 17.6. The van der Waals surface area contributed by atoms with Gasteiger partial charge in [-0.2, -0.15) is 9.94 Å². The van der Waals surface area contributed by atoms with Gasteiger partial charge in [0.1, 0.15) is 35.2 Å². The van der Waals surface area contributed by atoms with Gasteiger partial charge in [-0.1, -0.05) is 50.4 Å². The van der Waals surface area contributed by atoms with E-state index in [0.717, 1.165) is 49.4 Å². The van der Waals surface area contributed by atoms with Crippen LogP contribution < -0.4 is 25.8 Å². The molecule has 1 unspecified atom stereocenters. The van der Waals surface area contributed by atoms with Gasteiger partial charge in [0.05, 0.1) is 28.1 Å². The Hall–Kier alpha value is -5.83. The fourth-order valence-electron chi connectivity index (χ4n) is 9.58. The number of nitrogens with zero attached hydrogens (tertiary/aromatic N) is 7. The summed E-state index contributed by atoms with van der Waals surface area (Å²) in [4.78, 5) is 59.8. The lowest BCUT2D eigenvalue weighted by molar-refractivity contribution is -0.164. The van der Waals surface area contributed by atoms with Crippen LogP contribution in [-0.4, -0.2) is 87.5 Å². The van der Waals surface area contributed by atoms with E-state index in [1.54, 1.807) is 42.6 Å². The SMILES string of the molecule is CC1(C)C(NC(=O)c2ccc(C#CCN3CC4(CCN(c5ccc6nnn(C7CCC(=O)NC7=O)c(=O)c6c5)CC4)C3)nc2)C(C)(C)C1Oc1ccc(C#N)c(Cl)c1. The van der Waals surface area contributed by atoms with Crippen molar-refractivity contribution in [2.24, 2.45) is 16.2 Å². The Morgan fingerprint density at radius 2 is 1.79 bits per heavy atom. The predicted octanol–water partition coefficient (Wildman–Crippen LogP) is 4.26. The van der Waals surface area contributed by atoms with Gasteiger partial charge in [0.2, 0.25) is 5.91 Å². The molecule has 4 aliphatic rings. The smallest absolute Gasteiger partial charge is 0.278 e. The Kier molecular flexibility index (Phi) is 9.98. The molecule has 3 amide bonds. The normalized spacial score (nSPS) is 23.1. The molecule has 3 saturated heterocycles. The summed E-state index contributed by atoms with van der Waals surface area (Å²) >= 11 is 6.23. The first-order valence-electron chi connectivity index (χ1n) is 19.5. The number of aromatic nitrogens is 4. The second-order valence-electron chi connectivity index (χ2n) is 17.2. The predicted molar refractivity (Wildman–Crippen MR) is 216 cm³/mol. The van der Waals surface area contributed by atoms with Crippen molar-refractivity contribution in [2.75, 3.05) is 37.6 Å². The zero-order valence-electron chi connectivity index (χ0n) is 32.8. The van der Waals surface area contributed by atoms with Crippen LogP contribution in [0.4, 0.5) is 5.69 Å². The van der Waals surface area contributed by atoms with Crippen LogP contribution in [0.5, 0.6) is 5.75 Å². The first-order valence-corrected chi connectivity index (χ1v) is 19.9. The number of hydrogen-bond donors (Lipinski definition) is 2. The number of pyridine rings is 1. The van der Waals surface area contributed by atoms with E-state index in [-0.39, 0.29) is 53.0 Å². The molecule has 298 valence electrons. The van der Waals surface area contributed by atoms with Crippen LogP contribution in [0.15, 0.2) is 59.5 Å². The second kappa shape index (κ2) is 14.8. The third-order valence-corrected chi connectivity index (χ3v) is 12.8. The summed E-state index contributed by atoms with van der Waals surface area (Å²) in [6.45, 7) is 12.5. The molecular formula is C43H44ClN9O5. The summed E-state index contributed by atoms with van der Waals surface area (Å²) in [5.41, 5.74) is 1.92. The number of halogens is 1. The van der Waals surface area contributed by atoms with Crippen LogP contribution in [0.3, 0.4) is 0 Å². The molecule has 1 saturated carbocycles. The van der Waals surface area contributed by atoms with Gasteiger partial charge in [0, 0.05) is 67.4 Å². The van der Waals surface area contributed by atoms with Crippen molar-refractivity contribution >= 4 is 45.9 Å². The molecule has 4 aromatic rings. The van der Waals surface area contributed by atoms with E-state index in [2.05, 4.69) is 81.3 Å². The number of ether oxygens (including phenoxy) is 1. The number of nitrogens with one attached hydrogen (secondary N) is 2. The van der Waals surface area contributed by atoms with Gasteiger partial charge in [-0.25, -0.2) is 4.98 Å². The highest BCUT2D eigenvalue weighted by Gasteiger charge is 2.64. The maximum absolute atomic E-state index is 13.4. The summed E-state index contributed by atoms with van der Waals surface area (Å²) in [5.74, 6) is 5.88. The Labute approximate surface area is 340 Å². The third kappa shape index (κ3) is 7.16. The lowest BCUT2D eigenvalue weighted by atomic mass is 9.49. The summed E-state index contributed by atoms with van der Waals surface area (Å²) in [5, 5.41) is 23.6. The number of piperidine rings is 2. The van der Waals surface area contributed by atoms with E-state index in [1.807, 2.05) is 12.1 Å². The monoisotopic (exact) mass is 801 g/mol. The average Bonchev–Trinajstić information content (AvgIpc) is 3.19. The topological polar surface area (TPSA) is 175 Å². The summed E-state index contributed by atoms with van der Waals surface area (Å²) < 4.78 is 7.44. The van der Waals surface area contributed by atoms with E-state index in [4.69, 9.17) is 16.3 Å². The Morgan fingerprint density at radius 1 is 1.03 bits per heavy atom. The van der Waals surface area contributed by atoms with Crippen molar-refractivity contribution in [3.63, 3.8) is 0 Å². The zero-order valence-corrected chi connectivity index (χ0v) is 33.6. The van der Waals surface area contributed by atoms with Crippen LogP contribution in [0.25, 0.3) is 10.9 Å². The number of anilines is 1. The Balaban J connectivity index is 0.810. The molecule has 4 fully saturated rings. The number of benzene rings is 2. The third-order valence-electron chi connectivity index (χ3n) is 12.5. The number of hydrogen-bond acceptors (Lipinski definition) is 11. The molecule has 5 heterocycles. The number of nitriles is 1. The molecule has 15 heteroatoms. The molecule has 2 N–H and O–H groups in total. The highest BCUT2D eigenvalue weighted by molar-refractivity contribution is 6.31. The minimum Gasteiger partial charge on any atom is -0.489 e. The van der Waals surface area contributed by atoms with E-state index in [9.17, 15) is 24.4 Å². The Bertz CT molecular complexity index is 2470. The van der Waals surface area contributed by atoms with Crippen LogP contribution in [0.2, 0.25) is 5.02 Å². The van der Waals surface area contributed by atoms with Gasteiger partial charge in [0.15, 0.2) is 0 Å². The maximum Gasteiger partial charge on any atom is 0.278 e. The largest absolute Gasteiger partial charge is 0.489 e. The summed E-state index contributed by atoms with van der Waals surface area (Å²) in [6, 6.07) is 15.2. The highest BCUT2D eigenvalue weighted by Crippen LogP contribution is 2.55. The van der Waals surface area contributed by atoms with Gasteiger partial charge in [0.25, 0.3) is 17.4 Å². The van der Waals surface area contributed by atoms with Crippen LogP contribution in [-0.2, 0) is 9.59 Å². The van der Waals surface area contributed by atoms with Crippen LogP contribution in [0, 0.1) is 39.4 Å². The van der Waals surface area contributed by atoms with Crippen molar-refractivity contribution in [3.05, 3.63) is 86.9 Å². The first kappa shape index (κ1) is 39.0. The van der Waals surface area contributed by atoms with Crippen LogP contribution >= 0.6 is 11.6 Å². The molecule has 14 nitrogen and oxygen atoms in total. The van der Waals surface area contributed by atoms with Gasteiger partial charge in [-0.05, 0) is 73.1 Å². The quantitative estimate of drug-likeness (QED) is 0.202. The fourth-order valence-corrected chi connectivity index (χ4v) is 9.80. The maximum atomic E-state index is 13.4. The van der Waals surface area contributed by atoms with Crippen molar-refractivity contribution < 1.29 is 19.1 Å². The Morgan fingerprint density at radius 3 is 2.47 bits per heavy atom. The van der Waals surface area contributed by atoms with Crippen molar-refractivity contribution in [1.29, 1.82) is 5.26 Å². The van der Waals surface area contributed by atoms with E-state index < -0.39 is 17.5 Å². The molecule has 2 aromatic carbocycles. The molecule has 0 bridgehead atoms. The first-order chi connectivity index (χ1) is 27.7. The lowest BCUT2D eigenvalue weighted by Gasteiger charge is -2.63.